The van der Waals surface area contributed by atoms with E-state index in [0.29, 0.717) is 6.42 Å². The first-order chi connectivity index (χ1) is 8.17. The molecule has 0 radical (unpaired) electrons. The Morgan fingerprint density at radius 1 is 1.33 bits per heavy atom. The molecule has 18 heavy (non-hydrogen) atoms. The maximum absolute atomic E-state index is 11.8. The standard InChI is InChI=1S/C10H17F3N2O3/c1-3-6(2)7(8(16)17)15-9(18)14-5-4-10(11,12)13/h6-7H,3-5H2,1-2H3,(H,16,17)(H2,14,15,18)/t6-,7-/m0/s1. The van der Waals surface area contributed by atoms with Crippen LogP contribution in [0.2, 0.25) is 0 Å². The summed E-state index contributed by atoms with van der Waals surface area (Å²) in [5.74, 6) is -1.52. The molecule has 0 aliphatic rings. The predicted molar refractivity (Wildman–Crippen MR) is 58.1 cm³/mol. The van der Waals surface area contributed by atoms with Gasteiger partial charge in [-0.1, -0.05) is 20.3 Å². The van der Waals surface area contributed by atoms with E-state index in [1.807, 2.05) is 5.32 Å². The van der Waals surface area contributed by atoms with Gasteiger partial charge in [0.1, 0.15) is 6.04 Å². The van der Waals surface area contributed by atoms with Gasteiger partial charge >= 0.3 is 18.2 Å². The van der Waals surface area contributed by atoms with Crippen LogP contribution in [0.3, 0.4) is 0 Å². The highest BCUT2D eigenvalue weighted by atomic mass is 19.4. The van der Waals surface area contributed by atoms with E-state index < -0.39 is 37.2 Å². The second-order valence-electron chi connectivity index (χ2n) is 3.97. The zero-order valence-corrected chi connectivity index (χ0v) is 10.2. The van der Waals surface area contributed by atoms with Crippen LogP contribution in [0.15, 0.2) is 0 Å². The van der Waals surface area contributed by atoms with Crippen molar-refractivity contribution in [2.75, 3.05) is 6.54 Å². The number of alkyl halides is 3. The highest BCUT2D eigenvalue weighted by molar-refractivity contribution is 5.82. The first kappa shape index (κ1) is 16.5. The lowest BCUT2D eigenvalue weighted by atomic mass is 9.99. The van der Waals surface area contributed by atoms with Gasteiger partial charge in [0.05, 0.1) is 6.42 Å². The molecule has 5 nitrogen and oxygen atoms in total. The zero-order valence-electron chi connectivity index (χ0n) is 10.2. The van der Waals surface area contributed by atoms with Gasteiger partial charge in [0.15, 0.2) is 0 Å². The minimum Gasteiger partial charge on any atom is -0.480 e. The summed E-state index contributed by atoms with van der Waals surface area (Å²) >= 11 is 0. The average molecular weight is 270 g/mol. The SMILES string of the molecule is CC[C@H](C)[C@H](NC(=O)NCCC(F)(F)F)C(=O)O. The first-order valence-electron chi connectivity index (χ1n) is 5.51. The molecule has 0 saturated heterocycles. The van der Waals surface area contributed by atoms with Crippen molar-refractivity contribution in [3.05, 3.63) is 0 Å². The molecule has 2 atom stereocenters. The molecular weight excluding hydrogens is 253 g/mol. The van der Waals surface area contributed by atoms with Crippen LogP contribution < -0.4 is 10.6 Å². The van der Waals surface area contributed by atoms with Gasteiger partial charge < -0.3 is 15.7 Å². The average Bonchev–Trinajstić information content (AvgIpc) is 2.22. The molecule has 0 heterocycles. The van der Waals surface area contributed by atoms with Gasteiger partial charge in [-0.15, -0.1) is 0 Å². The van der Waals surface area contributed by atoms with E-state index in [-0.39, 0.29) is 5.92 Å². The van der Waals surface area contributed by atoms with Crippen LogP contribution in [0.25, 0.3) is 0 Å². The Hall–Kier alpha value is -1.47. The summed E-state index contributed by atoms with van der Waals surface area (Å²) in [7, 11) is 0. The van der Waals surface area contributed by atoms with Gasteiger partial charge in [0.2, 0.25) is 0 Å². The molecule has 106 valence electrons. The number of nitrogens with one attached hydrogen (secondary N) is 2. The summed E-state index contributed by atoms with van der Waals surface area (Å²) in [6.45, 7) is 2.81. The summed E-state index contributed by atoms with van der Waals surface area (Å²) in [6, 6.07) is -2.02. The number of aliphatic carboxylic acids is 1. The van der Waals surface area contributed by atoms with Crippen molar-refractivity contribution in [1.29, 1.82) is 0 Å². The van der Waals surface area contributed by atoms with E-state index in [1.165, 1.54) is 0 Å². The van der Waals surface area contributed by atoms with Gasteiger partial charge in [-0.2, -0.15) is 13.2 Å². The Kier molecular flexibility index (Phi) is 6.50. The van der Waals surface area contributed by atoms with Gasteiger partial charge in [-0.25, -0.2) is 9.59 Å². The fraction of sp³-hybridized carbons (Fsp3) is 0.800. The molecule has 2 amide bonds. The van der Waals surface area contributed by atoms with Gasteiger partial charge in [-0.3, -0.25) is 0 Å². The van der Waals surface area contributed by atoms with Crippen LogP contribution in [0.5, 0.6) is 0 Å². The zero-order chi connectivity index (χ0) is 14.3. The van der Waals surface area contributed by atoms with Gasteiger partial charge in [0, 0.05) is 6.54 Å². The number of rotatable bonds is 6. The van der Waals surface area contributed by atoms with E-state index in [9.17, 15) is 22.8 Å². The molecule has 0 saturated carbocycles. The number of halogens is 3. The Bertz CT molecular complexity index is 295. The molecule has 0 aromatic carbocycles. The summed E-state index contributed by atoms with van der Waals surface area (Å²) in [4.78, 5) is 22.1. The number of carboxylic acids is 1. The van der Waals surface area contributed by atoms with E-state index in [1.54, 1.807) is 13.8 Å². The second kappa shape index (κ2) is 7.07. The summed E-state index contributed by atoms with van der Waals surface area (Å²) in [5.41, 5.74) is 0. The molecule has 8 heteroatoms. The number of carbonyl (C=O) groups excluding carboxylic acids is 1. The van der Waals surface area contributed by atoms with E-state index in [2.05, 4.69) is 5.32 Å². The van der Waals surface area contributed by atoms with Crippen molar-refractivity contribution in [3.63, 3.8) is 0 Å². The van der Waals surface area contributed by atoms with Crippen LogP contribution in [0, 0.1) is 5.92 Å². The Morgan fingerprint density at radius 2 is 1.89 bits per heavy atom. The highest BCUT2D eigenvalue weighted by Crippen LogP contribution is 2.18. The number of amides is 2. The lowest BCUT2D eigenvalue weighted by Gasteiger charge is -2.20. The molecule has 0 aliphatic heterocycles. The number of hydrogen-bond donors (Lipinski definition) is 3. The Morgan fingerprint density at radius 3 is 2.28 bits per heavy atom. The topological polar surface area (TPSA) is 78.4 Å². The molecule has 0 bridgehead atoms. The third-order valence-electron chi connectivity index (χ3n) is 2.46. The smallest absolute Gasteiger partial charge is 0.390 e. The molecule has 0 fully saturated rings. The Labute approximate surface area is 103 Å². The fourth-order valence-electron chi connectivity index (χ4n) is 1.19. The van der Waals surface area contributed by atoms with Crippen molar-refractivity contribution in [2.45, 2.75) is 38.9 Å². The van der Waals surface area contributed by atoms with Crippen LogP contribution in [0.1, 0.15) is 26.7 Å². The largest absolute Gasteiger partial charge is 0.480 e. The Balaban J connectivity index is 4.15. The molecule has 3 N–H and O–H groups in total. The molecule has 0 unspecified atom stereocenters. The van der Waals surface area contributed by atoms with Gasteiger partial charge in [0.25, 0.3) is 0 Å². The monoisotopic (exact) mass is 270 g/mol. The number of urea groups is 1. The van der Waals surface area contributed by atoms with Crippen molar-refractivity contribution in [2.24, 2.45) is 5.92 Å². The minimum absolute atomic E-state index is 0.309. The van der Waals surface area contributed by atoms with Gasteiger partial charge in [-0.05, 0) is 5.92 Å². The highest BCUT2D eigenvalue weighted by Gasteiger charge is 2.28. The second-order valence-corrected chi connectivity index (χ2v) is 3.97. The normalized spacial score (nSPS) is 14.7. The molecule has 0 aliphatic carbocycles. The van der Waals surface area contributed by atoms with E-state index >= 15 is 0 Å². The molecule has 0 spiro atoms. The maximum Gasteiger partial charge on any atom is 0.390 e. The maximum atomic E-state index is 11.8. The van der Waals surface area contributed by atoms with Crippen molar-refractivity contribution in [1.82, 2.24) is 10.6 Å². The van der Waals surface area contributed by atoms with Crippen molar-refractivity contribution in [3.8, 4) is 0 Å². The lowest BCUT2D eigenvalue weighted by molar-refractivity contribution is -0.140. The molecular formula is C10H17F3N2O3. The van der Waals surface area contributed by atoms with Crippen LogP contribution >= 0.6 is 0 Å². The quantitative estimate of drug-likeness (QED) is 0.688. The third-order valence-corrected chi connectivity index (χ3v) is 2.46. The lowest BCUT2D eigenvalue weighted by Crippen LogP contribution is -2.49. The minimum atomic E-state index is -4.35. The van der Waals surface area contributed by atoms with E-state index in [0.717, 1.165) is 0 Å². The predicted octanol–water partition coefficient (Wildman–Crippen LogP) is 1.74. The first-order valence-corrected chi connectivity index (χ1v) is 5.51. The number of carboxylic acid groups (broad SMARTS) is 1. The summed E-state index contributed by atoms with van der Waals surface area (Å²) in [5, 5.41) is 13.0. The number of hydrogen-bond acceptors (Lipinski definition) is 2. The summed E-state index contributed by atoms with van der Waals surface area (Å²) < 4.78 is 35.4. The molecule has 0 aromatic heterocycles. The van der Waals surface area contributed by atoms with Crippen LogP contribution in [-0.4, -0.2) is 35.9 Å². The van der Waals surface area contributed by atoms with Crippen LogP contribution in [-0.2, 0) is 4.79 Å². The third kappa shape index (κ3) is 6.97. The fourth-order valence-corrected chi connectivity index (χ4v) is 1.19. The van der Waals surface area contributed by atoms with Crippen LogP contribution in [0.4, 0.5) is 18.0 Å². The summed E-state index contributed by atoms with van der Waals surface area (Å²) in [6.07, 6.45) is -4.97. The molecule has 0 aromatic rings. The number of carbonyl (C=O) groups is 2. The van der Waals surface area contributed by atoms with Crippen molar-refractivity contribution < 1.29 is 27.9 Å². The molecule has 0 rings (SSSR count). The van der Waals surface area contributed by atoms with E-state index in [4.69, 9.17) is 5.11 Å². The van der Waals surface area contributed by atoms with Crippen molar-refractivity contribution >= 4 is 12.0 Å².